The van der Waals surface area contributed by atoms with E-state index in [1.807, 2.05) is 27.7 Å². The van der Waals surface area contributed by atoms with Gasteiger partial charge < -0.3 is 10.1 Å². The first-order chi connectivity index (χ1) is 5.48. The maximum atomic E-state index is 11.3. The molecule has 1 amide bonds. The van der Waals surface area contributed by atoms with Gasteiger partial charge in [0, 0.05) is 18.6 Å². The fourth-order valence-electron chi connectivity index (χ4n) is 0.646. The minimum Gasteiger partial charge on any atom is -0.380 e. The molecule has 0 saturated carbocycles. The molecule has 0 aliphatic rings. The maximum absolute atomic E-state index is 11.3. The van der Waals surface area contributed by atoms with E-state index < -0.39 is 0 Å². The molecule has 0 heterocycles. The number of carbonyl (C=O) groups excluding carboxylic acids is 1. The Bertz CT molecular complexity index is 138. The van der Waals surface area contributed by atoms with E-state index in [4.69, 9.17) is 4.74 Å². The first-order valence-electron chi connectivity index (χ1n) is 4.34. The van der Waals surface area contributed by atoms with Crippen LogP contribution in [0.15, 0.2) is 0 Å². The maximum Gasteiger partial charge on any atom is 0.225 e. The molecule has 12 heavy (non-hydrogen) atoms. The second-order valence-corrected chi connectivity index (χ2v) is 3.70. The van der Waals surface area contributed by atoms with Crippen molar-refractivity contribution in [3.63, 3.8) is 0 Å². The monoisotopic (exact) mass is 173 g/mol. The number of rotatable bonds is 4. The van der Waals surface area contributed by atoms with Crippen LogP contribution in [0, 0.1) is 5.41 Å². The molecule has 0 aromatic heterocycles. The zero-order valence-corrected chi connectivity index (χ0v) is 8.44. The van der Waals surface area contributed by atoms with Crippen LogP contribution >= 0.6 is 0 Å². The lowest BCUT2D eigenvalue weighted by Gasteiger charge is -2.17. The highest BCUT2D eigenvalue weighted by molar-refractivity contribution is 5.81. The van der Waals surface area contributed by atoms with Gasteiger partial charge in [0.1, 0.15) is 0 Å². The zero-order chi connectivity index (χ0) is 9.61. The average Bonchev–Trinajstić information content (AvgIpc) is 1.96. The van der Waals surface area contributed by atoms with Crippen LogP contribution in [0.2, 0.25) is 0 Å². The summed E-state index contributed by atoms with van der Waals surface area (Å²) < 4.78 is 5.08. The molecule has 3 nitrogen and oxygen atoms in total. The average molecular weight is 173 g/mol. The Morgan fingerprint density at radius 2 is 2.00 bits per heavy atom. The van der Waals surface area contributed by atoms with Crippen molar-refractivity contribution in [2.45, 2.75) is 27.7 Å². The molecule has 0 fully saturated rings. The van der Waals surface area contributed by atoms with Gasteiger partial charge in [0.05, 0.1) is 6.61 Å². The molecule has 0 atom stereocenters. The molecule has 0 aliphatic carbocycles. The predicted octanol–water partition coefficient (Wildman–Crippen LogP) is 1.19. The number of carbonyl (C=O) groups is 1. The molecule has 0 aliphatic heterocycles. The van der Waals surface area contributed by atoms with Crippen LogP contribution in [-0.2, 0) is 9.53 Å². The highest BCUT2D eigenvalue weighted by Crippen LogP contribution is 2.11. The topological polar surface area (TPSA) is 38.3 Å². The Morgan fingerprint density at radius 1 is 1.42 bits per heavy atom. The first-order valence-corrected chi connectivity index (χ1v) is 4.34. The SMILES string of the molecule is CCOCCNC(=O)C(C)(C)C. The predicted molar refractivity (Wildman–Crippen MR) is 49.0 cm³/mol. The van der Waals surface area contributed by atoms with E-state index in [-0.39, 0.29) is 11.3 Å². The molecule has 3 heteroatoms. The van der Waals surface area contributed by atoms with Gasteiger partial charge in [0.2, 0.25) is 5.91 Å². The quantitative estimate of drug-likeness (QED) is 0.648. The molecule has 0 spiro atoms. The number of nitrogens with one attached hydrogen (secondary N) is 1. The van der Waals surface area contributed by atoms with E-state index in [0.717, 1.165) is 0 Å². The molecule has 0 bridgehead atoms. The van der Waals surface area contributed by atoms with E-state index in [1.165, 1.54) is 0 Å². The fourth-order valence-corrected chi connectivity index (χ4v) is 0.646. The van der Waals surface area contributed by atoms with Crippen molar-refractivity contribution in [2.24, 2.45) is 5.41 Å². The Kier molecular flexibility index (Phi) is 4.90. The van der Waals surface area contributed by atoms with Gasteiger partial charge >= 0.3 is 0 Å². The van der Waals surface area contributed by atoms with E-state index in [2.05, 4.69) is 5.32 Å². The van der Waals surface area contributed by atoms with Crippen LogP contribution in [0.5, 0.6) is 0 Å². The summed E-state index contributed by atoms with van der Waals surface area (Å²) in [4.78, 5) is 11.3. The van der Waals surface area contributed by atoms with Gasteiger partial charge in [-0.1, -0.05) is 20.8 Å². The van der Waals surface area contributed by atoms with Crippen molar-refractivity contribution >= 4 is 5.91 Å². The number of hydrogen-bond acceptors (Lipinski definition) is 2. The van der Waals surface area contributed by atoms with Gasteiger partial charge in [0.15, 0.2) is 0 Å². The van der Waals surface area contributed by atoms with E-state index in [1.54, 1.807) is 0 Å². The van der Waals surface area contributed by atoms with Crippen molar-refractivity contribution in [3.8, 4) is 0 Å². The minimum atomic E-state index is -0.299. The van der Waals surface area contributed by atoms with Gasteiger partial charge in [-0.3, -0.25) is 4.79 Å². The lowest BCUT2D eigenvalue weighted by Crippen LogP contribution is -2.36. The summed E-state index contributed by atoms with van der Waals surface area (Å²) in [6, 6.07) is 0. The lowest BCUT2D eigenvalue weighted by molar-refractivity contribution is -0.128. The van der Waals surface area contributed by atoms with Gasteiger partial charge in [-0.25, -0.2) is 0 Å². The first kappa shape index (κ1) is 11.4. The molecule has 0 aromatic carbocycles. The summed E-state index contributed by atoms with van der Waals surface area (Å²) in [5, 5.41) is 2.79. The minimum absolute atomic E-state index is 0.0715. The van der Waals surface area contributed by atoms with E-state index >= 15 is 0 Å². The highest BCUT2D eigenvalue weighted by atomic mass is 16.5. The molecule has 72 valence electrons. The molecule has 0 aromatic rings. The van der Waals surface area contributed by atoms with Gasteiger partial charge in [-0.15, -0.1) is 0 Å². The molecule has 0 rings (SSSR count). The number of hydrogen-bond donors (Lipinski definition) is 1. The van der Waals surface area contributed by atoms with E-state index in [0.29, 0.717) is 19.8 Å². The smallest absolute Gasteiger partial charge is 0.225 e. The normalized spacial score (nSPS) is 11.3. The third-order valence-electron chi connectivity index (χ3n) is 1.42. The molecule has 1 N–H and O–H groups in total. The Balaban J connectivity index is 3.45. The van der Waals surface area contributed by atoms with Crippen LogP contribution in [-0.4, -0.2) is 25.7 Å². The van der Waals surface area contributed by atoms with Crippen LogP contribution in [0.25, 0.3) is 0 Å². The largest absolute Gasteiger partial charge is 0.380 e. The van der Waals surface area contributed by atoms with Crippen LogP contribution in [0.3, 0.4) is 0 Å². The third kappa shape index (κ3) is 5.13. The van der Waals surface area contributed by atoms with Crippen molar-refractivity contribution in [2.75, 3.05) is 19.8 Å². The second-order valence-electron chi connectivity index (χ2n) is 3.70. The standard InChI is InChI=1S/C9H19NO2/c1-5-12-7-6-10-8(11)9(2,3)4/h5-7H2,1-4H3,(H,10,11). The molecule has 0 radical (unpaired) electrons. The fraction of sp³-hybridized carbons (Fsp3) is 0.889. The third-order valence-corrected chi connectivity index (χ3v) is 1.42. The summed E-state index contributed by atoms with van der Waals surface area (Å²) >= 11 is 0. The summed E-state index contributed by atoms with van der Waals surface area (Å²) in [5.41, 5.74) is -0.299. The molecular weight excluding hydrogens is 154 g/mol. The number of ether oxygens (including phenoxy) is 1. The summed E-state index contributed by atoms with van der Waals surface area (Å²) in [6.07, 6.45) is 0. The summed E-state index contributed by atoms with van der Waals surface area (Å²) in [7, 11) is 0. The van der Waals surface area contributed by atoms with E-state index in [9.17, 15) is 4.79 Å². The highest BCUT2D eigenvalue weighted by Gasteiger charge is 2.19. The summed E-state index contributed by atoms with van der Waals surface area (Å²) in [6.45, 7) is 9.51. The van der Waals surface area contributed by atoms with Crippen molar-refractivity contribution in [1.82, 2.24) is 5.32 Å². The Morgan fingerprint density at radius 3 is 2.42 bits per heavy atom. The van der Waals surface area contributed by atoms with Crippen molar-refractivity contribution in [3.05, 3.63) is 0 Å². The van der Waals surface area contributed by atoms with Crippen LogP contribution in [0.1, 0.15) is 27.7 Å². The van der Waals surface area contributed by atoms with Gasteiger partial charge in [-0.2, -0.15) is 0 Å². The molecule has 0 unspecified atom stereocenters. The molecular formula is C9H19NO2. The second kappa shape index (κ2) is 5.14. The van der Waals surface area contributed by atoms with Gasteiger partial charge in [-0.05, 0) is 6.92 Å². The van der Waals surface area contributed by atoms with Crippen molar-refractivity contribution < 1.29 is 9.53 Å². The van der Waals surface area contributed by atoms with Crippen molar-refractivity contribution in [1.29, 1.82) is 0 Å². The Labute approximate surface area is 74.5 Å². The zero-order valence-electron chi connectivity index (χ0n) is 8.44. The summed E-state index contributed by atoms with van der Waals surface area (Å²) in [5.74, 6) is 0.0715. The lowest BCUT2D eigenvalue weighted by atomic mass is 9.96. The van der Waals surface area contributed by atoms with Crippen LogP contribution < -0.4 is 5.32 Å². The Hall–Kier alpha value is -0.570. The van der Waals surface area contributed by atoms with Gasteiger partial charge in [0.25, 0.3) is 0 Å². The number of amides is 1. The molecule has 0 saturated heterocycles. The van der Waals surface area contributed by atoms with Crippen LogP contribution in [0.4, 0.5) is 0 Å².